The van der Waals surface area contributed by atoms with Crippen LogP contribution in [-0.4, -0.2) is 37.0 Å². The number of amidine groups is 1. The van der Waals surface area contributed by atoms with Gasteiger partial charge >= 0.3 is 0 Å². The highest BCUT2D eigenvalue weighted by Gasteiger charge is 2.14. The van der Waals surface area contributed by atoms with Crippen LogP contribution in [0.5, 0.6) is 0 Å². The van der Waals surface area contributed by atoms with Gasteiger partial charge in [0.2, 0.25) is 0 Å². The lowest BCUT2D eigenvalue weighted by molar-refractivity contribution is 0.0670. The van der Waals surface area contributed by atoms with E-state index in [0.29, 0.717) is 35.5 Å². The molecule has 1 aliphatic heterocycles. The van der Waals surface area contributed by atoms with Crippen LogP contribution in [0, 0.1) is 5.41 Å². The summed E-state index contributed by atoms with van der Waals surface area (Å²) in [5.74, 6) is 0.603. The van der Waals surface area contributed by atoms with Gasteiger partial charge in [0.15, 0.2) is 0 Å². The van der Waals surface area contributed by atoms with E-state index >= 15 is 0 Å². The zero-order chi connectivity index (χ0) is 12.3. The van der Waals surface area contributed by atoms with Crippen molar-refractivity contribution in [2.24, 2.45) is 0 Å². The fourth-order valence-electron chi connectivity index (χ4n) is 1.79. The molecule has 92 valence electrons. The SMILES string of the molecule is N=C(Cc1ccc(Cl)c(Cl)c1)N1CCOCC1. The number of morpholine rings is 1. The molecule has 0 amide bonds. The van der Waals surface area contributed by atoms with Crippen LogP contribution in [0.2, 0.25) is 10.0 Å². The summed E-state index contributed by atoms with van der Waals surface area (Å²) < 4.78 is 5.26. The summed E-state index contributed by atoms with van der Waals surface area (Å²) >= 11 is 11.8. The summed E-state index contributed by atoms with van der Waals surface area (Å²) in [6.45, 7) is 2.98. The largest absolute Gasteiger partial charge is 0.378 e. The lowest BCUT2D eigenvalue weighted by Crippen LogP contribution is -2.41. The van der Waals surface area contributed by atoms with Crippen LogP contribution in [0.1, 0.15) is 5.56 Å². The first-order valence-electron chi connectivity index (χ1n) is 5.51. The fourth-order valence-corrected chi connectivity index (χ4v) is 2.11. The highest BCUT2D eigenvalue weighted by atomic mass is 35.5. The van der Waals surface area contributed by atoms with Crippen molar-refractivity contribution < 1.29 is 4.74 Å². The van der Waals surface area contributed by atoms with Crippen molar-refractivity contribution in [3.63, 3.8) is 0 Å². The van der Waals surface area contributed by atoms with Crippen molar-refractivity contribution >= 4 is 29.0 Å². The van der Waals surface area contributed by atoms with Crippen molar-refractivity contribution in [1.29, 1.82) is 5.41 Å². The highest BCUT2D eigenvalue weighted by Crippen LogP contribution is 2.23. The molecule has 0 aliphatic carbocycles. The summed E-state index contributed by atoms with van der Waals surface area (Å²) in [7, 11) is 0. The van der Waals surface area contributed by atoms with E-state index in [-0.39, 0.29) is 0 Å². The Balaban J connectivity index is 1.99. The summed E-state index contributed by atoms with van der Waals surface area (Å²) in [6.07, 6.45) is 0.580. The predicted octanol–water partition coefficient (Wildman–Crippen LogP) is 2.85. The average molecular weight is 273 g/mol. The minimum atomic E-state index is 0.541. The Labute approximate surface area is 111 Å². The standard InChI is InChI=1S/C12H14Cl2N2O/c13-10-2-1-9(7-11(10)14)8-12(15)16-3-5-17-6-4-16/h1-2,7,15H,3-6,8H2. The van der Waals surface area contributed by atoms with Gasteiger partial charge < -0.3 is 9.64 Å². The van der Waals surface area contributed by atoms with E-state index in [1.54, 1.807) is 6.07 Å². The second kappa shape index (κ2) is 5.71. The van der Waals surface area contributed by atoms with Gasteiger partial charge in [-0.05, 0) is 17.7 Å². The molecule has 2 rings (SSSR count). The van der Waals surface area contributed by atoms with Gasteiger partial charge in [-0.15, -0.1) is 0 Å². The molecule has 17 heavy (non-hydrogen) atoms. The summed E-state index contributed by atoms with van der Waals surface area (Å²) in [5, 5.41) is 9.13. The van der Waals surface area contributed by atoms with Crippen LogP contribution in [-0.2, 0) is 11.2 Å². The quantitative estimate of drug-likeness (QED) is 0.664. The number of hydrogen-bond acceptors (Lipinski definition) is 2. The minimum absolute atomic E-state index is 0.541. The maximum atomic E-state index is 8.04. The Hall–Kier alpha value is -0.770. The number of ether oxygens (including phenoxy) is 1. The Kier molecular flexibility index (Phi) is 4.26. The maximum absolute atomic E-state index is 8.04. The van der Waals surface area contributed by atoms with Gasteiger partial charge in [-0.25, -0.2) is 0 Å². The van der Waals surface area contributed by atoms with Crippen molar-refractivity contribution in [3.05, 3.63) is 33.8 Å². The number of halogens is 2. The molecule has 0 unspecified atom stereocenters. The summed E-state index contributed by atoms with van der Waals surface area (Å²) in [5.41, 5.74) is 1.01. The van der Waals surface area contributed by atoms with Crippen LogP contribution < -0.4 is 0 Å². The number of nitrogens with zero attached hydrogens (tertiary/aromatic N) is 1. The molecule has 1 aliphatic rings. The molecule has 1 aromatic carbocycles. The lowest BCUT2D eigenvalue weighted by atomic mass is 10.1. The van der Waals surface area contributed by atoms with E-state index in [9.17, 15) is 0 Å². The molecule has 0 bridgehead atoms. The first-order chi connectivity index (χ1) is 8.16. The van der Waals surface area contributed by atoms with Crippen molar-refractivity contribution in [2.75, 3.05) is 26.3 Å². The fraction of sp³-hybridized carbons (Fsp3) is 0.417. The normalized spacial score (nSPS) is 16.0. The Morgan fingerprint density at radius 2 is 1.94 bits per heavy atom. The van der Waals surface area contributed by atoms with Gasteiger partial charge in [0.1, 0.15) is 5.84 Å². The first-order valence-corrected chi connectivity index (χ1v) is 6.26. The molecule has 1 saturated heterocycles. The van der Waals surface area contributed by atoms with Gasteiger partial charge in [-0.2, -0.15) is 0 Å². The molecule has 5 heteroatoms. The third-order valence-electron chi connectivity index (χ3n) is 2.75. The minimum Gasteiger partial charge on any atom is -0.378 e. The van der Waals surface area contributed by atoms with Crippen LogP contribution in [0.3, 0.4) is 0 Å². The molecule has 0 saturated carbocycles. The van der Waals surface area contributed by atoms with E-state index in [1.807, 2.05) is 17.0 Å². The second-order valence-electron chi connectivity index (χ2n) is 3.97. The van der Waals surface area contributed by atoms with Crippen LogP contribution in [0.25, 0.3) is 0 Å². The molecule has 3 nitrogen and oxygen atoms in total. The number of rotatable bonds is 2. The number of benzene rings is 1. The topological polar surface area (TPSA) is 36.3 Å². The van der Waals surface area contributed by atoms with E-state index in [4.69, 9.17) is 33.3 Å². The van der Waals surface area contributed by atoms with E-state index in [2.05, 4.69) is 0 Å². The predicted molar refractivity (Wildman–Crippen MR) is 70.3 cm³/mol. The van der Waals surface area contributed by atoms with Gasteiger partial charge in [0.25, 0.3) is 0 Å². The van der Waals surface area contributed by atoms with Crippen molar-refractivity contribution in [1.82, 2.24) is 4.90 Å². The van der Waals surface area contributed by atoms with E-state index in [0.717, 1.165) is 18.7 Å². The molecule has 1 N–H and O–H groups in total. The van der Waals surface area contributed by atoms with Crippen LogP contribution >= 0.6 is 23.2 Å². The number of nitrogens with one attached hydrogen (secondary N) is 1. The average Bonchev–Trinajstić information content (AvgIpc) is 2.35. The molecule has 1 fully saturated rings. The Bertz CT molecular complexity index is 417. The molecule has 0 atom stereocenters. The smallest absolute Gasteiger partial charge is 0.100 e. The molecular formula is C12H14Cl2N2O. The molecule has 1 aromatic rings. The maximum Gasteiger partial charge on any atom is 0.100 e. The van der Waals surface area contributed by atoms with Crippen LogP contribution in [0.4, 0.5) is 0 Å². The second-order valence-corrected chi connectivity index (χ2v) is 4.79. The van der Waals surface area contributed by atoms with Gasteiger partial charge in [-0.3, -0.25) is 5.41 Å². The third-order valence-corrected chi connectivity index (χ3v) is 3.49. The number of hydrogen-bond donors (Lipinski definition) is 1. The summed E-state index contributed by atoms with van der Waals surface area (Å²) in [4.78, 5) is 2.03. The zero-order valence-corrected chi connectivity index (χ0v) is 10.9. The van der Waals surface area contributed by atoms with E-state index < -0.39 is 0 Å². The van der Waals surface area contributed by atoms with Crippen molar-refractivity contribution in [3.8, 4) is 0 Å². The van der Waals surface area contributed by atoms with Crippen molar-refractivity contribution in [2.45, 2.75) is 6.42 Å². The van der Waals surface area contributed by atoms with E-state index in [1.165, 1.54) is 0 Å². The summed E-state index contributed by atoms with van der Waals surface area (Å²) in [6, 6.07) is 5.49. The zero-order valence-electron chi connectivity index (χ0n) is 9.38. The van der Waals surface area contributed by atoms with Gasteiger partial charge in [-0.1, -0.05) is 29.3 Å². The molecule has 0 radical (unpaired) electrons. The third kappa shape index (κ3) is 3.35. The monoisotopic (exact) mass is 272 g/mol. The Morgan fingerprint density at radius 1 is 1.24 bits per heavy atom. The molecule has 0 aromatic heterocycles. The Morgan fingerprint density at radius 3 is 2.59 bits per heavy atom. The first kappa shape index (κ1) is 12.7. The van der Waals surface area contributed by atoms with Gasteiger partial charge in [0, 0.05) is 19.5 Å². The van der Waals surface area contributed by atoms with Crippen LogP contribution in [0.15, 0.2) is 18.2 Å². The highest BCUT2D eigenvalue weighted by molar-refractivity contribution is 6.42. The molecule has 1 heterocycles. The lowest BCUT2D eigenvalue weighted by Gasteiger charge is -2.29. The molecular weight excluding hydrogens is 259 g/mol. The van der Waals surface area contributed by atoms with Gasteiger partial charge in [0.05, 0.1) is 23.3 Å². The molecule has 0 spiro atoms.